The molecule has 0 aliphatic rings. The average Bonchev–Trinajstić information content (AvgIpc) is 2.34. The molecule has 17 heavy (non-hydrogen) atoms. The van der Waals surface area contributed by atoms with Gasteiger partial charge in [0.15, 0.2) is 0 Å². The number of hydrogen-bond acceptors (Lipinski definition) is 3. The highest BCUT2D eigenvalue weighted by Crippen LogP contribution is 2.01. The molecule has 0 saturated carbocycles. The Kier molecular flexibility index (Phi) is 6.86. The van der Waals surface area contributed by atoms with Crippen molar-refractivity contribution < 1.29 is 9.84 Å². The molecule has 1 aromatic carbocycles. The van der Waals surface area contributed by atoms with Gasteiger partial charge in [0.05, 0.1) is 19.8 Å². The number of rotatable bonds is 8. The van der Waals surface area contributed by atoms with E-state index in [0.717, 1.165) is 6.54 Å². The summed E-state index contributed by atoms with van der Waals surface area (Å²) in [6.45, 7) is 7.41. The molecule has 0 aliphatic carbocycles. The molecule has 3 nitrogen and oxygen atoms in total. The van der Waals surface area contributed by atoms with Crippen molar-refractivity contribution in [2.24, 2.45) is 0 Å². The lowest BCUT2D eigenvalue weighted by Crippen LogP contribution is -2.36. The Balaban J connectivity index is 2.18. The number of aliphatic hydroxyl groups excluding tert-OH is 1. The first kappa shape index (κ1) is 14.2. The summed E-state index contributed by atoms with van der Waals surface area (Å²) in [6.07, 6.45) is 0. The highest BCUT2D eigenvalue weighted by atomic mass is 16.5. The molecule has 0 bridgehead atoms. The average molecular weight is 237 g/mol. The van der Waals surface area contributed by atoms with Gasteiger partial charge >= 0.3 is 0 Å². The monoisotopic (exact) mass is 237 g/mol. The smallest absolute Gasteiger partial charge is 0.0717 e. The second-order valence-electron chi connectivity index (χ2n) is 4.39. The summed E-state index contributed by atoms with van der Waals surface area (Å²) >= 11 is 0. The minimum Gasteiger partial charge on any atom is -0.395 e. The molecular weight excluding hydrogens is 214 g/mol. The van der Waals surface area contributed by atoms with Gasteiger partial charge in [-0.1, -0.05) is 30.3 Å². The number of hydrogen-bond donors (Lipinski definition) is 1. The fourth-order valence-corrected chi connectivity index (χ4v) is 1.70. The van der Waals surface area contributed by atoms with Crippen LogP contribution in [-0.4, -0.2) is 42.4 Å². The molecular formula is C14H23NO2. The van der Waals surface area contributed by atoms with Crippen molar-refractivity contribution >= 4 is 0 Å². The number of nitrogens with zero attached hydrogens (tertiary/aromatic N) is 1. The molecule has 0 aliphatic heterocycles. The molecule has 0 aromatic heterocycles. The molecule has 0 spiro atoms. The van der Waals surface area contributed by atoms with Crippen molar-refractivity contribution in [2.75, 3.05) is 26.3 Å². The minimum absolute atomic E-state index is 0.205. The molecule has 0 unspecified atom stereocenters. The van der Waals surface area contributed by atoms with E-state index in [9.17, 15) is 0 Å². The normalized spacial score (nSPS) is 11.4. The van der Waals surface area contributed by atoms with E-state index in [1.165, 1.54) is 5.56 Å². The Morgan fingerprint density at radius 3 is 2.47 bits per heavy atom. The van der Waals surface area contributed by atoms with Crippen LogP contribution in [0.25, 0.3) is 0 Å². The van der Waals surface area contributed by atoms with Gasteiger partial charge in [-0.05, 0) is 19.4 Å². The molecule has 3 heteroatoms. The van der Waals surface area contributed by atoms with Crippen LogP contribution >= 0.6 is 0 Å². The largest absolute Gasteiger partial charge is 0.395 e. The molecule has 1 N–H and O–H groups in total. The first-order valence-electron chi connectivity index (χ1n) is 6.20. The fourth-order valence-electron chi connectivity index (χ4n) is 1.70. The van der Waals surface area contributed by atoms with Crippen molar-refractivity contribution in [1.82, 2.24) is 4.90 Å². The van der Waals surface area contributed by atoms with Crippen LogP contribution in [0.4, 0.5) is 0 Å². The lowest BCUT2D eigenvalue weighted by molar-refractivity contribution is 0.0745. The Hall–Kier alpha value is -0.900. The number of aliphatic hydroxyl groups is 1. The van der Waals surface area contributed by atoms with Gasteiger partial charge in [0.2, 0.25) is 0 Å². The van der Waals surface area contributed by atoms with Crippen LogP contribution in [0.5, 0.6) is 0 Å². The standard InChI is InChI=1S/C14H23NO2/c1-13(2)15(8-10-16)9-11-17-12-14-6-4-3-5-7-14/h3-7,13,16H,8-12H2,1-2H3. The predicted molar refractivity (Wildman–Crippen MR) is 69.9 cm³/mol. The van der Waals surface area contributed by atoms with E-state index >= 15 is 0 Å². The molecule has 96 valence electrons. The van der Waals surface area contributed by atoms with E-state index in [1.54, 1.807) is 0 Å². The number of benzene rings is 1. The van der Waals surface area contributed by atoms with Gasteiger partial charge in [0.1, 0.15) is 0 Å². The van der Waals surface area contributed by atoms with E-state index in [-0.39, 0.29) is 6.61 Å². The molecule has 1 aromatic rings. The molecule has 0 radical (unpaired) electrons. The van der Waals surface area contributed by atoms with E-state index in [4.69, 9.17) is 9.84 Å². The summed E-state index contributed by atoms with van der Waals surface area (Å²) in [7, 11) is 0. The van der Waals surface area contributed by atoms with Gasteiger partial charge in [0, 0.05) is 19.1 Å². The third kappa shape index (κ3) is 5.82. The molecule has 0 atom stereocenters. The highest BCUT2D eigenvalue weighted by Gasteiger charge is 2.07. The first-order chi connectivity index (χ1) is 8.24. The predicted octanol–water partition coefficient (Wildman–Crippen LogP) is 1.91. The Morgan fingerprint density at radius 2 is 1.88 bits per heavy atom. The van der Waals surface area contributed by atoms with E-state index < -0.39 is 0 Å². The minimum atomic E-state index is 0.205. The summed E-state index contributed by atoms with van der Waals surface area (Å²) in [4.78, 5) is 2.21. The van der Waals surface area contributed by atoms with E-state index in [0.29, 0.717) is 25.8 Å². The fraction of sp³-hybridized carbons (Fsp3) is 0.571. The Morgan fingerprint density at radius 1 is 1.18 bits per heavy atom. The Labute approximate surface area is 104 Å². The zero-order valence-electron chi connectivity index (χ0n) is 10.8. The van der Waals surface area contributed by atoms with Gasteiger partial charge in [-0.15, -0.1) is 0 Å². The summed E-state index contributed by atoms with van der Waals surface area (Å²) in [6, 6.07) is 10.6. The third-order valence-electron chi connectivity index (χ3n) is 2.75. The van der Waals surface area contributed by atoms with Gasteiger partial charge in [0.25, 0.3) is 0 Å². The quantitative estimate of drug-likeness (QED) is 0.701. The van der Waals surface area contributed by atoms with Crippen LogP contribution in [0, 0.1) is 0 Å². The van der Waals surface area contributed by atoms with Crippen LogP contribution in [0.3, 0.4) is 0 Å². The van der Waals surface area contributed by atoms with E-state index in [1.807, 2.05) is 18.2 Å². The maximum atomic E-state index is 8.94. The molecule has 0 saturated heterocycles. The summed E-state index contributed by atoms with van der Waals surface area (Å²) in [5.41, 5.74) is 1.20. The SMILES string of the molecule is CC(C)N(CCO)CCOCc1ccccc1. The van der Waals surface area contributed by atoms with E-state index in [2.05, 4.69) is 30.9 Å². The van der Waals surface area contributed by atoms with Gasteiger partial charge in [-0.25, -0.2) is 0 Å². The highest BCUT2D eigenvalue weighted by molar-refractivity contribution is 5.13. The van der Waals surface area contributed by atoms with Gasteiger partial charge < -0.3 is 9.84 Å². The summed E-state index contributed by atoms with van der Waals surface area (Å²) in [5.74, 6) is 0. The lowest BCUT2D eigenvalue weighted by atomic mass is 10.2. The van der Waals surface area contributed by atoms with Crippen molar-refractivity contribution in [3.63, 3.8) is 0 Å². The van der Waals surface area contributed by atoms with Gasteiger partial charge in [-0.2, -0.15) is 0 Å². The van der Waals surface area contributed by atoms with Crippen molar-refractivity contribution in [3.05, 3.63) is 35.9 Å². The van der Waals surface area contributed by atoms with Gasteiger partial charge in [-0.3, -0.25) is 4.90 Å². The summed E-state index contributed by atoms with van der Waals surface area (Å²) < 4.78 is 5.62. The lowest BCUT2D eigenvalue weighted by Gasteiger charge is -2.25. The molecule has 0 fully saturated rings. The molecule has 0 heterocycles. The second-order valence-corrected chi connectivity index (χ2v) is 4.39. The van der Waals surface area contributed by atoms with Crippen LogP contribution in [0.15, 0.2) is 30.3 Å². The van der Waals surface area contributed by atoms with Crippen molar-refractivity contribution in [3.8, 4) is 0 Å². The van der Waals surface area contributed by atoms with Crippen LogP contribution in [0.1, 0.15) is 19.4 Å². The summed E-state index contributed by atoms with van der Waals surface area (Å²) in [5, 5.41) is 8.94. The zero-order valence-corrected chi connectivity index (χ0v) is 10.8. The third-order valence-corrected chi connectivity index (χ3v) is 2.75. The maximum absolute atomic E-state index is 8.94. The number of ether oxygens (including phenoxy) is 1. The zero-order chi connectivity index (χ0) is 12.5. The van der Waals surface area contributed by atoms with Crippen LogP contribution in [0.2, 0.25) is 0 Å². The second kappa shape index (κ2) is 8.23. The Bertz CT molecular complexity index is 288. The topological polar surface area (TPSA) is 32.7 Å². The molecule has 0 amide bonds. The molecule has 1 rings (SSSR count). The van der Waals surface area contributed by atoms with Crippen molar-refractivity contribution in [1.29, 1.82) is 0 Å². The van der Waals surface area contributed by atoms with Crippen molar-refractivity contribution in [2.45, 2.75) is 26.5 Å². The van der Waals surface area contributed by atoms with Crippen LogP contribution in [-0.2, 0) is 11.3 Å². The maximum Gasteiger partial charge on any atom is 0.0717 e. The first-order valence-corrected chi connectivity index (χ1v) is 6.20. The van der Waals surface area contributed by atoms with Crippen LogP contribution < -0.4 is 0 Å².